The van der Waals surface area contributed by atoms with Gasteiger partial charge in [0, 0.05) is 11.3 Å². The van der Waals surface area contributed by atoms with Crippen molar-refractivity contribution in [3.05, 3.63) is 0 Å². The zero-order valence-corrected chi connectivity index (χ0v) is 10.7. The van der Waals surface area contributed by atoms with Crippen molar-refractivity contribution in [1.29, 1.82) is 0 Å². The Kier molecular flexibility index (Phi) is 5.95. The predicted octanol–water partition coefficient (Wildman–Crippen LogP) is 3.30. The summed E-state index contributed by atoms with van der Waals surface area (Å²) >= 11 is 2.21. The van der Waals surface area contributed by atoms with Crippen LogP contribution in [0.15, 0.2) is 0 Å². The molecule has 0 spiro atoms. The normalized spacial score (nSPS) is 32.4. The largest absolute Gasteiger partial charge is 0.317 e. The van der Waals surface area contributed by atoms with Crippen LogP contribution in [-0.2, 0) is 0 Å². The molecular formula is C12H25NS. The van der Waals surface area contributed by atoms with Crippen molar-refractivity contribution in [2.24, 2.45) is 5.92 Å². The maximum atomic E-state index is 3.43. The molecule has 0 bridgehead atoms. The second kappa shape index (κ2) is 6.73. The van der Waals surface area contributed by atoms with Crippen LogP contribution in [-0.4, -0.2) is 24.1 Å². The highest BCUT2D eigenvalue weighted by Gasteiger charge is 2.31. The second-order valence-corrected chi connectivity index (χ2v) is 5.80. The summed E-state index contributed by atoms with van der Waals surface area (Å²) in [7, 11) is 2.10. The van der Waals surface area contributed by atoms with Crippen molar-refractivity contribution < 1.29 is 0 Å². The molecule has 3 atom stereocenters. The van der Waals surface area contributed by atoms with E-state index in [1.807, 2.05) is 0 Å². The summed E-state index contributed by atoms with van der Waals surface area (Å²) in [4.78, 5) is 0. The fourth-order valence-corrected chi connectivity index (χ4v) is 3.83. The molecule has 1 aliphatic carbocycles. The molecule has 0 aromatic rings. The lowest BCUT2D eigenvalue weighted by molar-refractivity contribution is 0.464. The van der Waals surface area contributed by atoms with E-state index in [1.165, 1.54) is 37.9 Å². The minimum Gasteiger partial charge on any atom is -0.317 e. The Balaban J connectivity index is 2.13. The van der Waals surface area contributed by atoms with Crippen LogP contribution in [0.25, 0.3) is 0 Å². The summed E-state index contributed by atoms with van der Waals surface area (Å²) in [5.41, 5.74) is 0. The third-order valence-corrected chi connectivity index (χ3v) is 5.05. The molecule has 0 aromatic heterocycles. The van der Waals surface area contributed by atoms with E-state index in [4.69, 9.17) is 0 Å². The maximum Gasteiger partial charge on any atom is 0.0101 e. The number of rotatable bonds is 6. The van der Waals surface area contributed by atoms with Crippen LogP contribution in [0.2, 0.25) is 0 Å². The van der Waals surface area contributed by atoms with E-state index >= 15 is 0 Å². The third-order valence-electron chi connectivity index (χ3n) is 3.43. The van der Waals surface area contributed by atoms with Crippen LogP contribution >= 0.6 is 11.8 Å². The van der Waals surface area contributed by atoms with Crippen LogP contribution in [0.4, 0.5) is 0 Å². The number of nitrogens with one attached hydrogen (secondary N) is 1. The average Bonchev–Trinajstić information content (AvgIpc) is 2.55. The van der Waals surface area contributed by atoms with Crippen molar-refractivity contribution in [2.45, 2.75) is 57.2 Å². The molecule has 1 fully saturated rings. The fourth-order valence-electron chi connectivity index (χ4n) is 2.36. The Hall–Kier alpha value is 0.310. The summed E-state index contributed by atoms with van der Waals surface area (Å²) in [6.45, 7) is 4.69. The molecule has 84 valence electrons. The Morgan fingerprint density at radius 2 is 2.07 bits per heavy atom. The molecule has 0 aliphatic heterocycles. The fraction of sp³-hybridized carbons (Fsp3) is 1.00. The number of hydrogen-bond acceptors (Lipinski definition) is 2. The van der Waals surface area contributed by atoms with Crippen LogP contribution in [0.3, 0.4) is 0 Å². The topological polar surface area (TPSA) is 12.0 Å². The second-order valence-electron chi connectivity index (χ2n) is 4.45. The van der Waals surface area contributed by atoms with Crippen LogP contribution in [0.5, 0.6) is 0 Å². The molecule has 0 amide bonds. The molecule has 0 aromatic carbocycles. The highest BCUT2D eigenvalue weighted by atomic mass is 32.2. The van der Waals surface area contributed by atoms with Gasteiger partial charge in [-0.15, -0.1) is 0 Å². The van der Waals surface area contributed by atoms with Crippen molar-refractivity contribution in [1.82, 2.24) is 5.32 Å². The Morgan fingerprint density at radius 1 is 1.29 bits per heavy atom. The third kappa shape index (κ3) is 3.47. The van der Waals surface area contributed by atoms with Gasteiger partial charge in [0.25, 0.3) is 0 Å². The number of hydrogen-bond donors (Lipinski definition) is 1. The smallest absolute Gasteiger partial charge is 0.0101 e. The summed E-state index contributed by atoms with van der Waals surface area (Å²) < 4.78 is 0. The lowest BCUT2D eigenvalue weighted by Gasteiger charge is -2.19. The van der Waals surface area contributed by atoms with Gasteiger partial charge in [0.2, 0.25) is 0 Å². The lowest BCUT2D eigenvalue weighted by atomic mass is 10.1. The SMILES string of the molecule is CCCCCSC1CCC(NC)C1C. The molecule has 0 saturated heterocycles. The van der Waals surface area contributed by atoms with Crippen LogP contribution in [0, 0.1) is 5.92 Å². The highest BCUT2D eigenvalue weighted by molar-refractivity contribution is 7.99. The van der Waals surface area contributed by atoms with Gasteiger partial charge in [-0.25, -0.2) is 0 Å². The monoisotopic (exact) mass is 215 g/mol. The lowest BCUT2D eigenvalue weighted by Crippen LogP contribution is -2.30. The van der Waals surface area contributed by atoms with E-state index in [2.05, 4.69) is 38.0 Å². The molecule has 1 N–H and O–H groups in total. The van der Waals surface area contributed by atoms with Gasteiger partial charge < -0.3 is 5.32 Å². The van der Waals surface area contributed by atoms with Gasteiger partial charge in [-0.1, -0.05) is 26.7 Å². The zero-order chi connectivity index (χ0) is 10.4. The van der Waals surface area contributed by atoms with Crippen molar-refractivity contribution in [3.63, 3.8) is 0 Å². The summed E-state index contributed by atoms with van der Waals surface area (Å²) in [5.74, 6) is 2.24. The van der Waals surface area contributed by atoms with E-state index in [0.29, 0.717) is 0 Å². The Bertz CT molecular complexity index is 149. The van der Waals surface area contributed by atoms with Gasteiger partial charge >= 0.3 is 0 Å². The van der Waals surface area contributed by atoms with E-state index in [-0.39, 0.29) is 0 Å². The molecule has 0 radical (unpaired) electrons. The Labute approximate surface area is 93.4 Å². The van der Waals surface area contributed by atoms with Gasteiger partial charge in [0.15, 0.2) is 0 Å². The van der Waals surface area contributed by atoms with E-state index < -0.39 is 0 Å². The van der Waals surface area contributed by atoms with Gasteiger partial charge in [-0.05, 0) is 38.0 Å². The Morgan fingerprint density at radius 3 is 2.64 bits per heavy atom. The van der Waals surface area contributed by atoms with Gasteiger partial charge in [0.1, 0.15) is 0 Å². The first-order chi connectivity index (χ1) is 6.79. The highest BCUT2D eigenvalue weighted by Crippen LogP contribution is 2.35. The van der Waals surface area contributed by atoms with E-state index in [9.17, 15) is 0 Å². The average molecular weight is 215 g/mol. The summed E-state index contributed by atoms with van der Waals surface area (Å²) in [6, 6.07) is 0.777. The molecule has 3 unspecified atom stereocenters. The van der Waals surface area contributed by atoms with Crippen molar-refractivity contribution in [2.75, 3.05) is 12.8 Å². The maximum absolute atomic E-state index is 3.43. The minimum atomic E-state index is 0.777. The van der Waals surface area contributed by atoms with Crippen molar-refractivity contribution in [3.8, 4) is 0 Å². The van der Waals surface area contributed by atoms with Crippen molar-refractivity contribution >= 4 is 11.8 Å². The van der Waals surface area contributed by atoms with Crippen LogP contribution < -0.4 is 5.32 Å². The quantitative estimate of drug-likeness (QED) is 0.682. The molecule has 14 heavy (non-hydrogen) atoms. The van der Waals surface area contributed by atoms with Gasteiger partial charge in [0.05, 0.1) is 0 Å². The first-order valence-corrected chi connectivity index (χ1v) is 7.13. The predicted molar refractivity (Wildman–Crippen MR) is 67.0 cm³/mol. The molecule has 1 aliphatic rings. The summed E-state index contributed by atoms with van der Waals surface area (Å²) in [6.07, 6.45) is 6.96. The molecule has 2 heteroatoms. The number of thioether (sulfide) groups is 1. The molecule has 1 nitrogen and oxygen atoms in total. The standard InChI is InChI=1S/C12H25NS/c1-4-5-6-9-14-12-8-7-11(13-3)10(12)2/h10-13H,4-9H2,1-3H3. The van der Waals surface area contributed by atoms with Gasteiger partial charge in [-0.3, -0.25) is 0 Å². The van der Waals surface area contributed by atoms with Crippen LogP contribution in [0.1, 0.15) is 46.0 Å². The minimum absolute atomic E-state index is 0.777. The summed E-state index contributed by atoms with van der Waals surface area (Å²) in [5, 5.41) is 4.35. The van der Waals surface area contributed by atoms with E-state index in [0.717, 1.165) is 17.2 Å². The molecule has 0 heterocycles. The number of unbranched alkanes of at least 4 members (excludes halogenated alkanes) is 2. The van der Waals surface area contributed by atoms with Gasteiger partial charge in [-0.2, -0.15) is 11.8 Å². The van der Waals surface area contributed by atoms with E-state index in [1.54, 1.807) is 0 Å². The first kappa shape index (κ1) is 12.4. The molecule has 1 rings (SSSR count). The zero-order valence-electron chi connectivity index (χ0n) is 9.88. The molecule has 1 saturated carbocycles. The first-order valence-electron chi connectivity index (χ1n) is 6.08. The molecular weight excluding hydrogens is 190 g/mol.